The van der Waals surface area contributed by atoms with Gasteiger partial charge in [-0.3, -0.25) is 0 Å². The van der Waals surface area contributed by atoms with Crippen molar-refractivity contribution in [3.8, 4) is 0 Å². The summed E-state index contributed by atoms with van der Waals surface area (Å²) in [5.74, 6) is -1.34. The molecule has 134 valence electrons. The first-order valence-electron chi connectivity index (χ1n) is 8.29. The molecule has 1 aromatic rings. The van der Waals surface area contributed by atoms with Crippen LogP contribution in [0.15, 0.2) is 18.2 Å². The minimum absolute atomic E-state index is 0. The number of aromatic carboxylic acids is 1. The third-order valence-corrected chi connectivity index (χ3v) is 4.98. The van der Waals surface area contributed by atoms with Gasteiger partial charge in [0.15, 0.2) is 0 Å². The predicted octanol–water partition coefficient (Wildman–Crippen LogP) is 2.82. The molecule has 2 heterocycles. The van der Waals surface area contributed by atoms with Crippen LogP contribution in [0.25, 0.3) is 0 Å². The van der Waals surface area contributed by atoms with E-state index >= 15 is 0 Å². The van der Waals surface area contributed by atoms with E-state index in [2.05, 4.69) is 4.90 Å². The van der Waals surface area contributed by atoms with Crippen LogP contribution >= 0.6 is 0 Å². The van der Waals surface area contributed by atoms with Crippen molar-refractivity contribution >= 4 is 41.2 Å². The van der Waals surface area contributed by atoms with E-state index in [1.807, 2.05) is 4.90 Å². The summed E-state index contributed by atoms with van der Waals surface area (Å²) in [6.45, 7) is 3.53. The Kier molecular flexibility index (Phi) is 6.81. The van der Waals surface area contributed by atoms with Gasteiger partial charge in [0, 0.05) is 24.8 Å². The molecule has 0 aliphatic carbocycles. The zero-order valence-electron chi connectivity index (χ0n) is 13.4. The third-order valence-electron chi connectivity index (χ3n) is 4.98. The first kappa shape index (κ1) is 20.6. The number of anilines is 1. The average molecular weight is 366 g/mol. The molecule has 2 saturated heterocycles. The van der Waals surface area contributed by atoms with Gasteiger partial charge in [-0.25, -0.2) is 4.79 Å². The summed E-state index contributed by atoms with van der Waals surface area (Å²) in [7, 11) is 0. The number of piperidine rings is 1. The number of rotatable bonds is 3. The summed E-state index contributed by atoms with van der Waals surface area (Å²) in [5.41, 5.74) is -0.873. The zero-order chi connectivity index (χ0) is 17.3. The van der Waals surface area contributed by atoms with Crippen molar-refractivity contribution in [1.29, 1.82) is 0 Å². The summed E-state index contributed by atoms with van der Waals surface area (Å²) in [6.07, 6.45) is -0.309. The van der Waals surface area contributed by atoms with Gasteiger partial charge in [-0.05, 0) is 57.0 Å². The second-order valence-electron chi connectivity index (χ2n) is 6.53. The number of hydrogen-bond donors (Lipinski definition) is 1. The molecule has 0 saturated carbocycles. The fourth-order valence-electron chi connectivity index (χ4n) is 3.68. The summed E-state index contributed by atoms with van der Waals surface area (Å²) in [6, 6.07) is 3.59. The normalized spacial score (nSPS) is 19.7. The van der Waals surface area contributed by atoms with Crippen LogP contribution in [0.1, 0.15) is 41.6 Å². The molecule has 2 aliphatic heterocycles. The van der Waals surface area contributed by atoms with Crippen molar-refractivity contribution in [2.75, 3.05) is 31.1 Å². The van der Waals surface area contributed by atoms with Gasteiger partial charge < -0.3 is 14.9 Å². The van der Waals surface area contributed by atoms with Crippen molar-refractivity contribution in [2.45, 2.75) is 37.9 Å². The van der Waals surface area contributed by atoms with Gasteiger partial charge in [-0.15, -0.1) is 0 Å². The second kappa shape index (κ2) is 8.29. The van der Waals surface area contributed by atoms with Crippen LogP contribution in [0, 0.1) is 0 Å². The molecule has 1 N–H and O–H groups in total. The summed E-state index contributed by atoms with van der Waals surface area (Å²) in [4.78, 5) is 15.5. The zero-order valence-corrected chi connectivity index (χ0v) is 13.4. The van der Waals surface area contributed by atoms with Crippen LogP contribution in [-0.2, 0) is 6.18 Å². The number of carboxylic acid groups (broad SMARTS) is 1. The Bertz CT molecular complexity index is 610. The minimum atomic E-state index is -4.55. The summed E-state index contributed by atoms with van der Waals surface area (Å²) in [5, 5.41) is 9.09. The molecule has 0 bridgehead atoms. The molecular formula is C17H22F3N2NaO2. The Morgan fingerprint density at radius 2 is 1.64 bits per heavy atom. The van der Waals surface area contributed by atoms with Crippen molar-refractivity contribution in [2.24, 2.45) is 0 Å². The molecule has 0 aromatic heterocycles. The summed E-state index contributed by atoms with van der Waals surface area (Å²) >= 11 is 0. The number of nitrogens with zero attached hydrogens (tertiary/aromatic N) is 2. The van der Waals surface area contributed by atoms with E-state index in [4.69, 9.17) is 5.11 Å². The third kappa shape index (κ3) is 4.90. The monoisotopic (exact) mass is 366 g/mol. The number of likely N-dealkylation sites (tertiary alicyclic amines) is 1. The van der Waals surface area contributed by atoms with E-state index in [1.54, 1.807) is 0 Å². The Labute approximate surface area is 167 Å². The topological polar surface area (TPSA) is 43.8 Å². The van der Waals surface area contributed by atoms with Crippen molar-refractivity contribution < 1.29 is 23.1 Å². The van der Waals surface area contributed by atoms with E-state index in [1.165, 1.54) is 18.9 Å². The van der Waals surface area contributed by atoms with E-state index in [-0.39, 0.29) is 35.1 Å². The van der Waals surface area contributed by atoms with Crippen LogP contribution in [0.3, 0.4) is 0 Å². The van der Waals surface area contributed by atoms with E-state index in [9.17, 15) is 18.0 Å². The molecule has 25 heavy (non-hydrogen) atoms. The molecule has 3 rings (SSSR count). The van der Waals surface area contributed by atoms with Crippen molar-refractivity contribution in [3.05, 3.63) is 29.3 Å². The van der Waals surface area contributed by atoms with Crippen LogP contribution < -0.4 is 4.90 Å². The van der Waals surface area contributed by atoms with Gasteiger partial charge in [0.2, 0.25) is 0 Å². The van der Waals surface area contributed by atoms with Gasteiger partial charge in [0.1, 0.15) is 0 Å². The SMILES string of the molecule is O=C(O)c1cc(N2CCC(N3CCCC3)CC2)cc(C(F)(F)F)c1.[NaH]. The van der Waals surface area contributed by atoms with E-state index in [0.717, 1.165) is 32.0 Å². The van der Waals surface area contributed by atoms with Gasteiger partial charge >= 0.3 is 41.7 Å². The maximum atomic E-state index is 13.0. The molecule has 0 spiro atoms. The van der Waals surface area contributed by atoms with Gasteiger partial charge in [-0.2, -0.15) is 13.2 Å². The second-order valence-corrected chi connectivity index (χ2v) is 6.53. The number of alkyl halides is 3. The number of benzene rings is 1. The number of halogens is 3. The van der Waals surface area contributed by atoms with E-state index < -0.39 is 17.7 Å². The van der Waals surface area contributed by atoms with Crippen LogP contribution in [-0.4, -0.2) is 77.8 Å². The van der Waals surface area contributed by atoms with Crippen LogP contribution in [0.5, 0.6) is 0 Å². The molecular weight excluding hydrogens is 344 g/mol. The van der Waals surface area contributed by atoms with Gasteiger partial charge in [0.25, 0.3) is 0 Å². The van der Waals surface area contributed by atoms with Crippen LogP contribution in [0.4, 0.5) is 18.9 Å². The predicted molar refractivity (Wildman–Crippen MR) is 91.6 cm³/mol. The molecule has 0 amide bonds. The molecule has 2 aliphatic rings. The molecule has 0 atom stereocenters. The fraction of sp³-hybridized carbons (Fsp3) is 0.588. The molecule has 2 fully saturated rings. The van der Waals surface area contributed by atoms with Gasteiger partial charge in [-0.1, -0.05) is 0 Å². The Morgan fingerprint density at radius 3 is 2.16 bits per heavy atom. The molecule has 0 unspecified atom stereocenters. The first-order chi connectivity index (χ1) is 11.3. The van der Waals surface area contributed by atoms with Crippen molar-refractivity contribution in [1.82, 2.24) is 4.90 Å². The standard InChI is InChI=1S/C17H21F3N2O2.Na.H/c18-17(19,20)13-9-12(16(23)24)10-15(11-13)22-7-3-14(4-8-22)21-5-1-2-6-21;;/h9-11,14H,1-8H2,(H,23,24);;. The fourth-order valence-corrected chi connectivity index (χ4v) is 3.68. The number of hydrogen-bond acceptors (Lipinski definition) is 3. The summed E-state index contributed by atoms with van der Waals surface area (Å²) < 4.78 is 39.1. The molecule has 1 aromatic carbocycles. The molecule has 8 heteroatoms. The van der Waals surface area contributed by atoms with Crippen molar-refractivity contribution in [3.63, 3.8) is 0 Å². The number of carbonyl (C=O) groups is 1. The Morgan fingerprint density at radius 1 is 1.04 bits per heavy atom. The molecule has 4 nitrogen and oxygen atoms in total. The average Bonchev–Trinajstić information content (AvgIpc) is 3.08. The Balaban J connectivity index is 0.00000225. The van der Waals surface area contributed by atoms with Gasteiger partial charge in [0.05, 0.1) is 11.1 Å². The quantitative estimate of drug-likeness (QED) is 0.836. The Hall–Kier alpha value is -0.760. The number of carboxylic acids is 1. The van der Waals surface area contributed by atoms with Crippen LogP contribution in [0.2, 0.25) is 0 Å². The first-order valence-corrected chi connectivity index (χ1v) is 8.29. The van der Waals surface area contributed by atoms with E-state index in [0.29, 0.717) is 30.9 Å². The maximum absolute atomic E-state index is 13.0. The molecule has 0 radical (unpaired) electrons.